The SMILES string of the molecule is CC(OCC(F)(F)F)[C@H](N)C(=O)O.CCNC(C)C(=O)O.C[S+](C[C@H](N)C(=O)O)CC(F)(F)F.N[C@@H](CCCCN(CC(F)(F)F)CC(F)(F)F)C(=O)O.N[C@@H](CCCCNCC(F)(F)F)C(=O)O.N[C@@H](COCC(F)(F)F)C(=O)O.N[C@@H](CSCC(F)(F)F)C(=O)O.N[C@@H](Cc1cncn1CC(F)(F)F)C(=O)O. The lowest BCUT2D eigenvalue weighted by Crippen LogP contribution is -2.42. The minimum atomic E-state index is -4.72. The van der Waals surface area contributed by atoms with Crippen LogP contribution in [0, 0.1) is 0 Å². The number of ether oxygens (including phenoxy) is 2. The van der Waals surface area contributed by atoms with Gasteiger partial charge in [0.05, 0.1) is 50.7 Å². The number of nitrogens with one attached hydrogen (secondary N) is 2. The fourth-order valence-electron chi connectivity index (χ4n) is 6.06. The van der Waals surface area contributed by atoms with Crippen LogP contribution in [0.25, 0.3) is 0 Å². The van der Waals surface area contributed by atoms with E-state index in [0.29, 0.717) is 31.1 Å². The normalized spacial score (nSPS) is 14.7. The van der Waals surface area contributed by atoms with E-state index in [1.807, 2.05) is 6.92 Å². The van der Waals surface area contributed by atoms with Crippen molar-refractivity contribution >= 4 is 70.4 Å². The number of aromatic nitrogens is 2. The van der Waals surface area contributed by atoms with Crippen molar-refractivity contribution in [2.75, 3.05) is 88.4 Å². The second kappa shape index (κ2) is 57.5. The topological polar surface area (TPSA) is 544 Å². The average Bonchev–Trinajstić information content (AvgIpc) is 1.75. The van der Waals surface area contributed by atoms with Crippen molar-refractivity contribution in [3.8, 4) is 0 Å². The Morgan fingerprint density at radius 2 is 0.963 bits per heavy atom. The Bertz CT molecular complexity index is 2620. The van der Waals surface area contributed by atoms with Crippen molar-refractivity contribution in [2.45, 2.75) is 176 Å². The molecular weight excluding hydrogens is 1610 g/mol. The molecule has 0 fully saturated rings. The Morgan fingerprint density at radius 1 is 0.532 bits per heavy atom. The summed E-state index contributed by atoms with van der Waals surface area (Å²) in [4.78, 5) is 85.3. The van der Waals surface area contributed by atoms with E-state index >= 15 is 0 Å². The molecule has 0 radical (unpaired) electrons. The van der Waals surface area contributed by atoms with Crippen LogP contribution in [-0.4, -0.2) is 295 Å². The summed E-state index contributed by atoms with van der Waals surface area (Å²) in [6.45, 7) is -3.99. The maximum absolute atomic E-state index is 12.1. The highest BCUT2D eigenvalue weighted by atomic mass is 32.2. The zero-order chi connectivity index (χ0) is 87.6. The number of carbonyl (C=O) groups is 8. The molecule has 0 saturated carbocycles. The highest BCUT2D eigenvalue weighted by Gasteiger charge is 2.40. The molecule has 0 amide bonds. The van der Waals surface area contributed by atoms with Crippen LogP contribution in [0.2, 0.25) is 0 Å². The molecule has 1 heterocycles. The van der Waals surface area contributed by atoms with Gasteiger partial charge in [-0.1, -0.05) is 19.8 Å². The van der Waals surface area contributed by atoms with Gasteiger partial charge >= 0.3 is 97.2 Å². The number of nitrogens with zero attached hydrogens (tertiary/aromatic N) is 3. The number of thioether (sulfide) groups is 1. The smallest absolute Gasteiger partial charge is 0.433 e. The summed E-state index contributed by atoms with van der Waals surface area (Å²) in [5, 5.41) is 71.5. The predicted molar refractivity (Wildman–Crippen MR) is 338 cm³/mol. The van der Waals surface area contributed by atoms with E-state index in [2.05, 4.69) is 25.1 Å². The van der Waals surface area contributed by atoms with Gasteiger partial charge in [-0.2, -0.15) is 117 Å². The predicted octanol–water partition coefficient (Wildman–Crippen LogP) is 4.43. The lowest BCUT2D eigenvalue weighted by molar-refractivity contribution is -0.187. The van der Waals surface area contributed by atoms with Gasteiger partial charge in [0, 0.05) is 24.1 Å². The minimum absolute atomic E-state index is 0.00120. The van der Waals surface area contributed by atoms with Gasteiger partial charge in [0.25, 0.3) is 0 Å². The quantitative estimate of drug-likeness (QED) is 0.0247. The van der Waals surface area contributed by atoms with Crippen LogP contribution in [0.3, 0.4) is 0 Å². The molecule has 3 unspecified atom stereocenters. The number of imidazole rings is 1. The van der Waals surface area contributed by atoms with Crippen LogP contribution in [-0.2, 0) is 71.7 Å². The number of rotatable bonds is 38. The molecule has 1 rings (SSSR count). The zero-order valence-electron chi connectivity index (χ0n) is 57.6. The first-order chi connectivity index (χ1) is 48.8. The van der Waals surface area contributed by atoms with E-state index in [4.69, 9.17) is 81.0 Å². The Morgan fingerprint density at radius 3 is 1.30 bits per heavy atom. The van der Waals surface area contributed by atoms with E-state index in [1.54, 1.807) is 6.92 Å². The third-order valence-electron chi connectivity index (χ3n) is 11.2. The second-order valence-corrected chi connectivity index (χ2v) is 25.0. The number of alkyl halides is 24. The van der Waals surface area contributed by atoms with Gasteiger partial charge in [0.2, 0.25) is 5.75 Å². The lowest BCUT2D eigenvalue weighted by Gasteiger charge is -2.24. The maximum Gasteiger partial charge on any atom is 0.433 e. The number of unbranched alkanes of at least 4 members (excludes halogenated alkanes) is 2. The van der Waals surface area contributed by atoms with E-state index < -0.39 is 227 Å². The largest absolute Gasteiger partial charge is 0.480 e. The van der Waals surface area contributed by atoms with Crippen LogP contribution in [0.15, 0.2) is 12.5 Å². The summed E-state index contributed by atoms with van der Waals surface area (Å²) < 4.78 is 292. The fraction of sp³-hybridized carbons (Fsp3) is 0.792. The average molecular weight is 1700 g/mol. The molecule has 30 nitrogen and oxygen atoms in total. The maximum atomic E-state index is 12.1. The van der Waals surface area contributed by atoms with E-state index in [0.717, 1.165) is 10.9 Å². The summed E-state index contributed by atoms with van der Waals surface area (Å²) in [5.41, 5.74) is 35.6. The molecule has 1 aromatic rings. The third kappa shape index (κ3) is 87.0. The number of likely N-dealkylation sites (N-methyl/N-ethyl adjacent to an activating group) is 1. The van der Waals surface area contributed by atoms with Gasteiger partial charge < -0.3 is 106 Å². The fourth-order valence-corrected chi connectivity index (χ4v) is 8.24. The first-order valence-electron chi connectivity index (χ1n) is 30.0. The number of aliphatic carboxylic acids is 8. The summed E-state index contributed by atoms with van der Waals surface area (Å²) in [6, 6.07) is -9.01. The van der Waals surface area contributed by atoms with Crippen LogP contribution in [0.4, 0.5) is 105 Å². The molecule has 648 valence electrons. The molecule has 0 aromatic carbocycles. The summed E-state index contributed by atoms with van der Waals surface area (Å²) in [5.74, 6) is -12.1. The van der Waals surface area contributed by atoms with Gasteiger partial charge in [-0.15, -0.1) is 0 Å². The first kappa shape index (κ1) is 116. The second-order valence-electron chi connectivity index (χ2n) is 21.8. The molecule has 0 spiro atoms. The van der Waals surface area contributed by atoms with Crippen LogP contribution >= 0.6 is 11.8 Å². The highest BCUT2D eigenvalue weighted by Crippen LogP contribution is 2.25. The number of carboxylic acid groups (broad SMARTS) is 8. The molecule has 0 aliphatic carbocycles. The molecule has 24 N–H and O–H groups in total. The zero-order valence-corrected chi connectivity index (χ0v) is 59.3. The Balaban J connectivity index is -0.000000220. The summed E-state index contributed by atoms with van der Waals surface area (Å²) in [6.07, 6.45) is -31.8. The van der Waals surface area contributed by atoms with Gasteiger partial charge in [0.15, 0.2) is 0 Å². The van der Waals surface area contributed by atoms with E-state index in [9.17, 15) is 144 Å². The first-order valence-corrected chi connectivity index (χ1v) is 33.1. The van der Waals surface area contributed by atoms with Crippen LogP contribution in [0.1, 0.15) is 65.0 Å². The van der Waals surface area contributed by atoms with Crippen molar-refractivity contribution in [2.24, 2.45) is 40.1 Å². The number of nitrogens with two attached hydrogens (primary N) is 7. The van der Waals surface area contributed by atoms with Crippen molar-refractivity contribution in [1.82, 2.24) is 25.1 Å². The molecule has 109 heavy (non-hydrogen) atoms. The molecule has 0 bridgehead atoms. The Hall–Kier alpha value is -6.49. The number of halogens is 24. The molecule has 10 atom stereocenters. The monoisotopic (exact) mass is 1700 g/mol. The van der Waals surface area contributed by atoms with E-state index in [1.165, 1.54) is 19.4 Å². The molecule has 0 saturated heterocycles. The lowest BCUT2D eigenvalue weighted by atomic mass is 10.1. The van der Waals surface area contributed by atoms with Gasteiger partial charge in [0.1, 0.15) is 73.8 Å². The number of carboxylic acids is 8. The molecular formula is C53H89F24N12O18S2+. The number of hydrogen-bond donors (Lipinski definition) is 17. The van der Waals surface area contributed by atoms with Gasteiger partial charge in [-0.05, 0) is 70.1 Å². The number of hydrogen-bond acceptors (Lipinski definition) is 22. The van der Waals surface area contributed by atoms with Crippen molar-refractivity contribution in [3.05, 3.63) is 18.2 Å². The highest BCUT2D eigenvalue weighted by molar-refractivity contribution is 7.99. The minimum Gasteiger partial charge on any atom is -0.480 e. The summed E-state index contributed by atoms with van der Waals surface area (Å²) >= 11 is 0.466. The van der Waals surface area contributed by atoms with Crippen molar-refractivity contribution in [1.29, 1.82) is 0 Å². The molecule has 0 aliphatic heterocycles. The Labute approximate surface area is 611 Å². The van der Waals surface area contributed by atoms with Crippen LogP contribution in [0.5, 0.6) is 0 Å². The third-order valence-corrected chi connectivity index (χ3v) is 14.0. The molecule has 56 heteroatoms. The molecule has 0 aliphatic rings. The van der Waals surface area contributed by atoms with Crippen molar-refractivity contribution in [3.63, 3.8) is 0 Å². The Kier molecular flexibility index (Phi) is 61.1. The summed E-state index contributed by atoms with van der Waals surface area (Å²) in [7, 11) is -1.02. The standard InChI is InChI=1S/C10H16F6N2O2.C8H10F3N3O2.C8H15F3N2O2.C6H10F3NO3.C6H10F3NO2S.C5H8F3NO3.C5H8F3NO2S.C5H11NO2/c11-9(12,13)5-18(6-10(14,15)16)4-2-1-3-7(17)8(19)20;9-8(10,11)3-14-4-13-2-5(14)1-6(12)7(15)16;9-8(10,11)5-13-4-2-1-3-6(12)7(14)15;1-3(4(10)5(11)12)13-2-6(7,8)9;1-13(3-6(7,8)9)2-4(10)5(11)12;2*6-5(7,8)2-12-1-3(9)4(10)11;1-3-6-4(2)5(7)8/h7H,1-6,17H2,(H,19,20);2,4,6H,1,3,12H2,(H,15,16);6,13H,1-5,12H2,(H,14,15);3-4H,2,10H2,1H3,(H,11,12);4H,2-3,10H2,1H3;2*3H,1-2,9H2,(H,10,11);4,6H,3H2,1-2H3,(H,7,8)/p+1/t7-;2*6-;3?,4-;4-,13?;2*3-;/m0000000./s1. The van der Waals surface area contributed by atoms with E-state index in [-0.39, 0.29) is 60.7 Å². The van der Waals surface area contributed by atoms with Gasteiger partial charge in [-0.25, -0.2) is 4.98 Å². The van der Waals surface area contributed by atoms with Gasteiger partial charge in [-0.3, -0.25) is 43.3 Å². The molecule has 1 aromatic heterocycles. The van der Waals surface area contributed by atoms with Crippen LogP contribution < -0.4 is 50.8 Å². The van der Waals surface area contributed by atoms with Crippen molar-refractivity contribution < 1.29 is 194 Å².